The second-order valence-corrected chi connectivity index (χ2v) is 5.23. The van der Waals surface area contributed by atoms with Gasteiger partial charge in [0.15, 0.2) is 5.60 Å². The van der Waals surface area contributed by atoms with Crippen LogP contribution in [-0.2, 0) is 9.53 Å². The molecule has 1 rings (SSSR count). The first-order valence-corrected chi connectivity index (χ1v) is 6.32. The van der Waals surface area contributed by atoms with Crippen molar-refractivity contribution in [1.82, 2.24) is 0 Å². The molecule has 1 atom stereocenters. The van der Waals surface area contributed by atoms with E-state index in [-0.39, 0.29) is 6.61 Å². The number of aliphatic hydroxyl groups is 1. The Morgan fingerprint density at radius 1 is 1.42 bits per heavy atom. The number of hydrogen-bond acceptors (Lipinski definition) is 4. The number of carbonyl (C=O) groups excluding carboxylic acids is 1. The third kappa shape index (κ3) is 3.96. The average Bonchev–Trinajstić information content (AvgIpc) is 2.35. The predicted molar refractivity (Wildman–Crippen MR) is 73.4 cm³/mol. The van der Waals surface area contributed by atoms with E-state index in [0.29, 0.717) is 11.7 Å². The standard InChI is InChI=1S/C15H22O4/c1-10(2)13-7-6-12(8-11(13)3)19-9-15(4,17)14(16)18-5/h6-8,10,17H,9H2,1-5H3. The summed E-state index contributed by atoms with van der Waals surface area (Å²) in [5, 5.41) is 9.86. The summed E-state index contributed by atoms with van der Waals surface area (Å²) in [4.78, 5) is 11.3. The minimum absolute atomic E-state index is 0.139. The number of hydrogen-bond donors (Lipinski definition) is 1. The third-order valence-corrected chi connectivity index (χ3v) is 3.01. The normalized spacial score (nSPS) is 14.1. The fourth-order valence-electron chi connectivity index (χ4n) is 1.89. The summed E-state index contributed by atoms with van der Waals surface area (Å²) in [6, 6.07) is 5.75. The number of carbonyl (C=O) groups is 1. The molecule has 1 unspecified atom stereocenters. The van der Waals surface area contributed by atoms with Crippen molar-refractivity contribution in [1.29, 1.82) is 0 Å². The van der Waals surface area contributed by atoms with Gasteiger partial charge in [0.1, 0.15) is 12.4 Å². The van der Waals surface area contributed by atoms with E-state index in [1.165, 1.54) is 19.6 Å². The molecular formula is C15H22O4. The molecule has 1 N–H and O–H groups in total. The molecule has 0 amide bonds. The summed E-state index contributed by atoms with van der Waals surface area (Å²) >= 11 is 0. The molecular weight excluding hydrogens is 244 g/mol. The van der Waals surface area contributed by atoms with Gasteiger partial charge in [0.25, 0.3) is 0 Å². The van der Waals surface area contributed by atoms with Crippen molar-refractivity contribution in [3.63, 3.8) is 0 Å². The smallest absolute Gasteiger partial charge is 0.341 e. The Bertz CT molecular complexity index is 449. The van der Waals surface area contributed by atoms with E-state index in [0.717, 1.165) is 5.56 Å². The van der Waals surface area contributed by atoms with E-state index in [1.807, 2.05) is 25.1 Å². The van der Waals surface area contributed by atoms with Crippen molar-refractivity contribution < 1.29 is 19.4 Å². The zero-order chi connectivity index (χ0) is 14.6. The van der Waals surface area contributed by atoms with Crippen molar-refractivity contribution in [2.24, 2.45) is 0 Å². The van der Waals surface area contributed by atoms with E-state index >= 15 is 0 Å². The molecule has 0 spiro atoms. The Morgan fingerprint density at radius 3 is 2.53 bits per heavy atom. The van der Waals surface area contributed by atoms with Crippen molar-refractivity contribution >= 4 is 5.97 Å². The molecule has 0 saturated carbocycles. The lowest BCUT2D eigenvalue weighted by atomic mass is 9.98. The van der Waals surface area contributed by atoms with Crippen LogP contribution in [0.4, 0.5) is 0 Å². The largest absolute Gasteiger partial charge is 0.490 e. The Balaban J connectivity index is 2.74. The first-order chi connectivity index (χ1) is 8.77. The van der Waals surface area contributed by atoms with Crippen LogP contribution in [0.1, 0.15) is 37.8 Å². The predicted octanol–water partition coefficient (Wildman–Crippen LogP) is 2.42. The number of methoxy groups -OCH3 is 1. The summed E-state index contributed by atoms with van der Waals surface area (Å²) in [5.41, 5.74) is 0.747. The zero-order valence-electron chi connectivity index (χ0n) is 12.2. The molecule has 0 saturated heterocycles. The molecule has 0 aliphatic heterocycles. The number of benzene rings is 1. The number of aryl methyl sites for hydroxylation is 1. The van der Waals surface area contributed by atoms with Crippen molar-refractivity contribution in [2.75, 3.05) is 13.7 Å². The van der Waals surface area contributed by atoms with Crippen LogP contribution in [0.5, 0.6) is 5.75 Å². The fourth-order valence-corrected chi connectivity index (χ4v) is 1.89. The quantitative estimate of drug-likeness (QED) is 0.832. The van der Waals surface area contributed by atoms with Crippen LogP contribution >= 0.6 is 0 Å². The van der Waals surface area contributed by atoms with Gasteiger partial charge in [-0.2, -0.15) is 0 Å². The summed E-state index contributed by atoms with van der Waals surface area (Å²) in [6.45, 7) is 7.50. The van der Waals surface area contributed by atoms with Crippen LogP contribution in [0.3, 0.4) is 0 Å². The fraction of sp³-hybridized carbons (Fsp3) is 0.533. The molecule has 0 aliphatic rings. The highest BCUT2D eigenvalue weighted by atomic mass is 16.6. The van der Waals surface area contributed by atoms with Gasteiger partial charge in [-0.25, -0.2) is 4.79 Å². The lowest BCUT2D eigenvalue weighted by Crippen LogP contribution is -2.42. The number of ether oxygens (including phenoxy) is 2. The average molecular weight is 266 g/mol. The van der Waals surface area contributed by atoms with Crippen LogP contribution in [0, 0.1) is 6.92 Å². The monoisotopic (exact) mass is 266 g/mol. The van der Waals surface area contributed by atoms with E-state index < -0.39 is 11.6 Å². The molecule has 0 aliphatic carbocycles. The van der Waals surface area contributed by atoms with Gasteiger partial charge in [-0.3, -0.25) is 0 Å². The summed E-state index contributed by atoms with van der Waals surface area (Å²) in [6.07, 6.45) is 0. The molecule has 4 nitrogen and oxygen atoms in total. The van der Waals surface area contributed by atoms with Crippen molar-refractivity contribution in [2.45, 2.75) is 39.2 Å². The molecule has 0 radical (unpaired) electrons. The Morgan fingerprint density at radius 2 is 2.05 bits per heavy atom. The highest BCUT2D eigenvalue weighted by molar-refractivity contribution is 5.78. The van der Waals surface area contributed by atoms with E-state index in [2.05, 4.69) is 18.6 Å². The maximum atomic E-state index is 11.3. The van der Waals surface area contributed by atoms with Crippen LogP contribution < -0.4 is 4.74 Å². The third-order valence-electron chi connectivity index (χ3n) is 3.01. The van der Waals surface area contributed by atoms with E-state index in [9.17, 15) is 9.90 Å². The Kier molecular flexibility index (Phi) is 4.95. The minimum atomic E-state index is -1.64. The lowest BCUT2D eigenvalue weighted by Gasteiger charge is -2.21. The number of esters is 1. The minimum Gasteiger partial charge on any atom is -0.490 e. The molecule has 0 aromatic heterocycles. The van der Waals surface area contributed by atoms with Gasteiger partial charge in [-0.1, -0.05) is 19.9 Å². The molecule has 0 fully saturated rings. The van der Waals surface area contributed by atoms with Gasteiger partial charge in [0.05, 0.1) is 7.11 Å². The number of rotatable bonds is 5. The van der Waals surface area contributed by atoms with Crippen LogP contribution in [0.2, 0.25) is 0 Å². The topological polar surface area (TPSA) is 55.8 Å². The maximum absolute atomic E-state index is 11.3. The highest BCUT2D eigenvalue weighted by Crippen LogP contribution is 2.24. The van der Waals surface area contributed by atoms with Crippen LogP contribution in [0.15, 0.2) is 18.2 Å². The maximum Gasteiger partial charge on any atom is 0.341 e. The van der Waals surface area contributed by atoms with Crippen LogP contribution in [0.25, 0.3) is 0 Å². The highest BCUT2D eigenvalue weighted by Gasteiger charge is 2.32. The first-order valence-electron chi connectivity index (χ1n) is 6.32. The summed E-state index contributed by atoms with van der Waals surface area (Å²) in [5.74, 6) is 0.376. The van der Waals surface area contributed by atoms with Gasteiger partial charge in [-0.05, 0) is 43.0 Å². The first kappa shape index (κ1) is 15.5. The molecule has 0 bridgehead atoms. The van der Waals surface area contributed by atoms with E-state index in [1.54, 1.807) is 0 Å². The molecule has 0 heterocycles. The Labute approximate surface area is 114 Å². The van der Waals surface area contributed by atoms with Gasteiger partial charge >= 0.3 is 5.97 Å². The van der Waals surface area contributed by atoms with Gasteiger partial charge in [0.2, 0.25) is 0 Å². The molecule has 19 heavy (non-hydrogen) atoms. The molecule has 106 valence electrons. The van der Waals surface area contributed by atoms with Crippen molar-refractivity contribution in [3.8, 4) is 5.75 Å². The van der Waals surface area contributed by atoms with E-state index in [4.69, 9.17) is 4.74 Å². The Hall–Kier alpha value is -1.55. The summed E-state index contributed by atoms with van der Waals surface area (Å²) < 4.78 is 9.97. The second-order valence-electron chi connectivity index (χ2n) is 5.23. The lowest BCUT2D eigenvalue weighted by molar-refractivity contribution is -0.163. The molecule has 4 heteroatoms. The second kappa shape index (κ2) is 6.06. The zero-order valence-corrected chi connectivity index (χ0v) is 12.2. The van der Waals surface area contributed by atoms with Crippen LogP contribution in [-0.4, -0.2) is 30.4 Å². The van der Waals surface area contributed by atoms with Gasteiger partial charge in [0, 0.05) is 0 Å². The van der Waals surface area contributed by atoms with Crippen molar-refractivity contribution in [3.05, 3.63) is 29.3 Å². The molecule has 1 aromatic rings. The summed E-state index contributed by atoms with van der Waals surface area (Å²) in [7, 11) is 1.23. The molecule has 1 aromatic carbocycles. The van der Waals surface area contributed by atoms with Gasteiger partial charge < -0.3 is 14.6 Å². The van der Waals surface area contributed by atoms with Gasteiger partial charge in [-0.15, -0.1) is 0 Å². The SMILES string of the molecule is COC(=O)C(C)(O)COc1ccc(C(C)C)c(C)c1.